The summed E-state index contributed by atoms with van der Waals surface area (Å²) in [4.78, 5) is 11.4. The fourth-order valence-electron chi connectivity index (χ4n) is 5.27. The van der Waals surface area contributed by atoms with Crippen LogP contribution in [0.15, 0.2) is 54.6 Å². The average Bonchev–Trinajstić information content (AvgIpc) is 3.44. The number of fused-ring (bicyclic) bond motifs is 4. The number of aliphatic carboxylic acids is 1. The fourth-order valence-corrected chi connectivity index (χ4v) is 5.51. The topological polar surface area (TPSA) is 88.0 Å². The Morgan fingerprint density at radius 3 is 2.67 bits per heavy atom. The molecule has 1 saturated carbocycles. The molecule has 3 aromatic carbocycles. The maximum atomic E-state index is 11.4. The van der Waals surface area contributed by atoms with Gasteiger partial charge in [-0.2, -0.15) is 0 Å². The molecule has 7 heteroatoms. The molecule has 5 rings (SSSR count). The van der Waals surface area contributed by atoms with E-state index in [1.165, 1.54) is 16.3 Å². The molecule has 0 spiro atoms. The van der Waals surface area contributed by atoms with Gasteiger partial charge >= 0.3 is 5.97 Å². The minimum absolute atomic E-state index is 0.145. The van der Waals surface area contributed by atoms with Gasteiger partial charge in [-0.15, -0.1) is 0 Å². The van der Waals surface area contributed by atoms with E-state index in [1.54, 1.807) is 12.1 Å². The number of hydrogen-bond acceptors (Lipinski definition) is 5. The molecule has 3 aromatic rings. The fraction of sp³-hybridized carbons (Fsp3) is 0.414. The number of ether oxygens (including phenoxy) is 2. The largest absolute Gasteiger partial charge is 0.488 e. The van der Waals surface area contributed by atoms with Crippen molar-refractivity contribution in [2.45, 2.75) is 57.0 Å². The van der Waals surface area contributed by atoms with E-state index >= 15 is 0 Å². The second-order valence-electron chi connectivity index (χ2n) is 10.6. The summed E-state index contributed by atoms with van der Waals surface area (Å²) in [5.74, 6) is -0.836. The summed E-state index contributed by atoms with van der Waals surface area (Å²) in [6.07, 6.45) is -0.561. The number of hydrogen-bond donors (Lipinski definition) is 3. The van der Waals surface area contributed by atoms with Crippen molar-refractivity contribution in [1.82, 2.24) is 5.32 Å². The Bertz CT molecular complexity index is 1290. The summed E-state index contributed by atoms with van der Waals surface area (Å²) in [6.45, 7) is 6.67. The van der Waals surface area contributed by atoms with Crippen LogP contribution in [0.3, 0.4) is 0 Å². The van der Waals surface area contributed by atoms with E-state index in [-0.39, 0.29) is 30.3 Å². The van der Waals surface area contributed by atoms with Gasteiger partial charge in [0.2, 0.25) is 0 Å². The molecule has 0 unspecified atom stereocenters. The van der Waals surface area contributed by atoms with E-state index in [4.69, 9.17) is 21.1 Å². The molecule has 1 heterocycles. The molecule has 190 valence electrons. The van der Waals surface area contributed by atoms with Crippen LogP contribution in [0.25, 0.3) is 10.8 Å². The van der Waals surface area contributed by atoms with Crippen LogP contribution in [0, 0.1) is 5.92 Å². The van der Waals surface area contributed by atoms with Crippen molar-refractivity contribution in [3.05, 3.63) is 76.3 Å². The number of nitrogens with one attached hydrogen (secondary N) is 1. The smallest absolute Gasteiger partial charge is 0.311 e. The van der Waals surface area contributed by atoms with E-state index in [2.05, 4.69) is 49.5 Å². The number of carbonyl (C=O) groups is 1. The van der Waals surface area contributed by atoms with Crippen molar-refractivity contribution in [2.75, 3.05) is 13.2 Å². The highest BCUT2D eigenvalue weighted by Crippen LogP contribution is 2.60. The standard InChI is InChI=1S/C29H32ClNO5/c1-16(22-11-20(30)12-23-24-25(28(33)34)27(24)36-26(22)23)35-15-21(32)14-31-29(2,3)13-17-8-9-18-6-4-5-7-19(18)10-17/h4-12,16,21,24-25,27,31-32H,13-15H2,1-3H3,(H,33,34)/t16-,21-,24+,25+,27+/m1/s1. The third-order valence-corrected chi connectivity index (χ3v) is 7.43. The molecule has 0 bridgehead atoms. The Labute approximate surface area is 216 Å². The van der Waals surface area contributed by atoms with E-state index in [1.807, 2.05) is 19.1 Å². The summed E-state index contributed by atoms with van der Waals surface area (Å²) in [7, 11) is 0. The van der Waals surface area contributed by atoms with Crippen LogP contribution in [-0.4, -0.2) is 47.1 Å². The second-order valence-corrected chi connectivity index (χ2v) is 11.1. The molecule has 2 aliphatic rings. The summed E-state index contributed by atoms with van der Waals surface area (Å²) in [5, 5.41) is 26.4. The first-order valence-corrected chi connectivity index (χ1v) is 12.8. The summed E-state index contributed by atoms with van der Waals surface area (Å²) in [6, 6.07) is 18.4. The van der Waals surface area contributed by atoms with Gasteiger partial charge in [0.1, 0.15) is 17.8 Å². The molecule has 6 nitrogen and oxygen atoms in total. The van der Waals surface area contributed by atoms with Gasteiger partial charge in [0.15, 0.2) is 0 Å². The van der Waals surface area contributed by atoms with Gasteiger partial charge in [0, 0.05) is 34.2 Å². The summed E-state index contributed by atoms with van der Waals surface area (Å²) < 4.78 is 11.9. The Morgan fingerprint density at radius 2 is 1.92 bits per heavy atom. The molecule has 3 N–H and O–H groups in total. The molecule has 0 amide bonds. The minimum Gasteiger partial charge on any atom is -0.488 e. The maximum Gasteiger partial charge on any atom is 0.311 e. The van der Waals surface area contributed by atoms with Crippen LogP contribution in [0.1, 0.15) is 49.5 Å². The van der Waals surface area contributed by atoms with Crippen molar-refractivity contribution in [2.24, 2.45) is 5.92 Å². The lowest BCUT2D eigenvalue weighted by Crippen LogP contribution is -2.46. The molecule has 0 radical (unpaired) electrons. The third kappa shape index (κ3) is 5.09. The number of carboxylic acids is 1. The van der Waals surface area contributed by atoms with Crippen LogP contribution in [0.5, 0.6) is 5.75 Å². The highest BCUT2D eigenvalue weighted by Gasteiger charge is 2.63. The first-order chi connectivity index (χ1) is 17.1. The molecule has 0 aromatic heterocycles. The number of benzene rings is 3. The summed E-state index contributed by atoms with van der Waals surface area (Å²) >= 11 is 6.33. The van der Waals surface area contributed by atoms with E-state index in [0.717, 1.165) is 17.5 Å². The minimum atomic E-state index is -0.847. The lowest BCUT2D eigenvalue weighted by molar-refractivity contribution is -0.139. The molecule has 1 aliphatic carbocycles. The van der Waals surface area contributed by atoms with E-state index in [9.17, 15) is 15.0 Å². The lowest BCUT2D eigenvalue weighted by Gasteiger charge is -2.28. The van der Waals surface area contributed by atoms with Crippen LogP contribution in [0.4, 0.5) is 0 Å². The van der Waals surface area contributed by atoms with Crippen LogP contribution in [0.2, 0.25) is 5.02 Å². The Hall–Kier alpha value is -2.64. The molecule has 36 heavy (non-hydrogen) atoms. The van der Waals surface area contributed by atoms with Gasteiger partial charge in [-0.05, 0) is 55.7 Å². The number of carboxylic acid groups (broad SMARTS) is 1. The number of halogens is 1. The first-order valence-electron chi connectivity index (χ1n) is 12.4. The molecule has 0 saturated heterocycles. The zero-order valence-electron chi connectivity index (χ0n) is 20.7. The third-order valence-electron chi connectivity index (χ3n) is 7.22. The number of β-amino-alcohol motifs (C(OH)–C–C–N with tert-alkyl or cyclic N) is 1. The van der Waals surface area contributed by atoms with E-state index in [0.29, 0.717) is 17.3 Å². The number of aliphatic hydroxyl groups excluding tert-OH is 1. The Morgan fingerprint density at radius 1 is 1.17 bits per heavy atom. The SMILES string of the molecule is C[C@@H](OC[C@H](O)CNC(C)(C)Cc1ccc2ccccc2c1)c1cc(Cl)cc2c1O[C@@H]1[C@@H](C(=O)O)[C@H]21. The first kappa shape index (κ1) is 25.0. The maximum absolute atomic E-state index is 11.4. The zero-order chi connectivity index (χ0) is 25.6. The van der Waals surface area contributed by atoms with Gasteiger partial charge in [-0.1, -0.05) is 54.1 Å². The highest BCUT2D eigenvalue weighted by molar-refractivity contribution is 6.30. The molecular weight excluding hydrogens is 478 g/mol. The summed E-state index contributed by atoms with van der Waals surface area (Å²) in [5.41, 5.74) is 2.65. The predicted molar refractivity (Wildman–Crippen MR) is 140 cm³/mol. The zero-order valence-corrected chi connectivity index (χ0v) is 21.5. The van der Waals surface area contributed by atoms with Gasteiger partial charge in [-0.25, -0.2) is 0 Å². The van der Waals surface area contributed by atoms with Crippen molar-refractivity contribution >= 4 is 28.3 Å². The van der Waals surface area contributed by atoms with Gasteiger partial charge in [0.25, 0.3) is 0 Å². The second kappa shape index (κ2) is 9.67. The molecule has 5 atom stereocenters. The van der Waals surface area contributed by atoms with Gasteiger partial charge in [-0.3, -0.25) is 4.79 Å². The highest BCUT2D eigenvalue weighted by atomic mass is 35.5. The predicted octanol–water partition coefficient (Wildman–Crippen LogP) is 5.10. The molecular formula is C29H32ClNO5. The Kier molecular flexibility index (Phi) is 6.72. The quantitative estimate of drug-likeness (QED) is 0.352. The van der Waals surface area contributed by atoms with Gasteiger partial charge < -0.3 is 25.0 Å². The van der Waals surface area contributed by atoms with Crippen LogP contribution >= 0.6 is 11.6 Å². The normalized spacial score (nSPS) is 22.0. The monoisotopic (exact) mass is 509 g/mol. The van der Waals surface area contributed by atoms with Crippen molar-refractivity contribution in [1.29, 1.82) is 0 Å². The molecule has 1 aliphatic heterocycles. The van der Waals surface area contributed by atoms with Gasteiger partial charge in [0.05, 0.1) is 18.8 Å². The number of aliphatic hydroxyl groups is 1. The lowest BCUT2D eigenvalue weighted by atomic mass is 9.93. The average molecular weight is 510 g/mol. The van der Waals surface area contributed by atoms with Crippen molar-refractivity contribution < 1.29 is 24.5 Å². The Balaban J connectivity index is 1.15. The van der Waals surface area contributed by atoms with E-state index < -0.39 is 18.0 Å². The molecule has 1 fully saturated rings. The van der Waals surface area contributed by atoms with Crippen LogP contribution < -0.4 is 10.1 Å². The van der Waals surface area contributed by atoms with Crippen molar-refractivity contribution in [3.8, 4) is 5.75 Å². The van der Waals surface area contributed by atoms with Crippen molar-refractivity contribution in [3.63, 3.8) is 0 Å². The van der Waals surface area contributed by atoms with Crippen LogP contribution in [-0.2, 0) is 16.0 Å². The number of rotatable bonds is 10.